The zero-order valence-corrected chi connectivity index (χ0v) is 14.6. The van der Waals surface area contributed by atoms with Crippen LogP contribution in [-0.2, 0) is 10.0 Å². The van der Waals surface area contributed by atoms with Crippen molar-refractivity contribution in [3.8, 4) is 5.75 Å². The van der Waals surface area contributed by atoms with E-state index in [2.05, 4.69) is 4.72 Å². The Labute approximate surface area is 141 Å². The van der Waals surface area contributed by atoms with Crippen LogP contribution in [0.4, 0.5) is 5.69 Å². The molecular weight excluding hydrogens is 328 g/mol. The molecule has 3 N–H and O–H groups in total. The number of hydrogen-bond acceptors (Lipinski definition) is 4. The first-order valence-electron chi connectivity index (χ1n) is 7.35. The Hall–Kier alpha value is -2.54. The normalized spacial score (nSPS) is 11.3. The van der Waals surface area contributed by atoms with Gasteiger partial charge in [0.05, 0.1) is 7.11 Å². The van der Waals surface area contributed by atoms with E-state index in [-0.39, 0.29) is 16.6 Å². The second-order valence-corrected chi connectivity index (χ2v) is 7.26. The minimum Gasteiger partial charge on any atom is -0.495 e. The number of nitrogens with one attached hydrogen (secondary N) is 1. The second kappa shape index (κ2) is 6.92. The lowest BCUT2D eigenvalue weighted by molar-refractivity contribution is 0.100. The Morgan fingerprint density at radius 2 is 1.75 bits per heavy atom. The van der Waals surface area contributed by atoms with Crippen molar-refractivity contribution in [1.82, 2.24) is 0 Å². The molecule has 2 aromatic carbocycles. The first-order chi connectivity index (χ1) is 11.2. The highest BCUT2D eigenvalue weighted by atomic mass is 32.2. The highest BCUT2D eigenvalue weighted by molar-refractivity contribution is 7.92. The Bertz CT molecular complexity index is 843. The monoisotopic (exact) mass is 348 g/mol. The first kappa shape index (κ1) is 17.8. The van der Waals surface area contributed by atoms with Crippen LogP contribution in [0.15, 0.2) is 47.4 Å². The molecule has 0 aromatic heterocycles. The van der Waals surface area contributed by atoms with Crippen molar-refractivity contribution in [3.05, 3.63) is 53.6 Å². The summed E-state index contributed by atoms with van der Waals surface area (Å²) >= 11 is 0. The fourth-order valence-electron chi connectivity index (χ4n) is 2.18. The van der Waals surface area contributed by atoms with E-state index in [1.165, 1.54) is 37.4 Å². The molecule has 0 bridgehead atoms. The maximum absolute atomic E-state index is 12.6. The molecule has 1 amide bonds. The first-order valence-corrected chi connectivity index (χ1v) is 8.83. The number of methoxy groups -OCH3 is 1. The van der Waals surface area contributed by atoms with Crippen molar-refractivity contribution < 1.29 is 17.9 Å². The van der Waals surface area contributed by atoms with Gasteiger partial charge in [-0.05, 0) is 47.9 Å². The van der Waals surface area contributed by atoms with Crippen molar-refractivity contribution >= 4 is 21.6 Å². The van der Waals surface area contributed by atoms with E-state index in [9.17, 15) is 13.2 Å². The molecule has 0 fully saturated rings. The number of nitrogens with two attached hydrogens (primary N) is 1. The van der Waals surface area contributed by atoms with Crippen LogP contribution in [0.1, 0.15) is 35.7 Å². The predicted octanol–water partition coefficient (Wildman–Crippen LogP) is 2.72. The van der Waals surface area contributed by atoms with Crippen molar-refractivity contribution in [1.29, 1.82) is 0 Å². The van der Waals surface area contributed by atoms with Crippen LogP contribution >= 0.6 is 0 Å². The Morgan fingerprint density at radius 1 is 1.12 bits per heavy atom. The third-order valence-electron chi connectivity index (χ3n) is 3.57. The lowest BCUT2D eigenvalue weighted by Crippen LogP contribution is -2.15. The van der Waals surface area contributed by atoms with Gasteiger partial charge >= 0.3 is 0 Å². The average Bonchev–Trinajstić information content (AvgIpc) is 2.54. The van der Waals surface area contributed by atoms with Gasteiger partial charge < -0.3 is 10.5 Å². The molecule has 0 heterocycles. The summed E-state index contributed by atoms with van der Waals surface area (Å²) in [7, 11) is -2.39. The summed E-state index contributed by atoms with van der Waals surface area (Å²) in [5.41, 5.74) is 6.78. The van der Waals surface area contributed by atoms with Crippen LogP contribution in [-0.4, -0.2) is 21.4 Å². The van der Waals surface area contributed by atoms with Crippen LogP contribution in [0.5, 0.6) is 5.75 Å². The fourth-order valence-corrected chi connectivity index (χ4v) is 3.39. The fraction of sp³-hybridized carbons (Fsp3) is 0.235. The maximum Gasteiger partial charge on any atom is 0.265 e. The van der Waals surface area contributed by atoms with Gasteiger partial charge in [-0.15, -0.1) is 0 Å². The number of primary amides is 1. The zero-order chi connectivity index (χ0) is 17.9. The zero-order valence-electron chi connectivity index (χ0n) is 13.7. The summed E-state index contributed by atoms with van der Waals surface area (Å²) in [4.78, 5) is 11.1. The van der Waals surface area contributed by atoms with Gasteiger partial charge in [-0.3, -0.25) is 9.52 Å². The number of rotatable bonds is 6. The van der Waals surface area contributed by atoms with E-state index in [0.717, 1.165) is 5.56 Å². The van der Waals surface area contributed by atoms with Gasteiger partial charge in [0.2, 0.25) is 5.91 Å². The molecule has 24 heavy (non-hydrogen) atoms. The summed E-state index contributed by atoms with van der Waals surface area (Å²) in [6, 6.07) is 10.9. The Balaban J connectivity index is 2.34. The van der Waals surface area contributed by atoms with Gasteiger partial charge in [0.1, 0.15) is 10.6 Å². The van der Waals surface area contributed by atoms with Gasteiger partial charge in [-0.25, -0.2) is 8.42 Å². The van der Waals surface area contributed by atoms with Gasteiger partial charge in [0, 0.05) is 11.3 Å². The van der Waals surface area contributed by atoms with Crippen molar-refractivity contribution in [2.45, 2.75) is 24.7 Å². The molecule has 2 rings (SSSR count). The summed E-state index contributed by atoms with van der Waals surface area (Å²) in [6.45, 7) is 4.03. The van der Waals surface area contributed by atoms with Crippen molar-refractivity contribution in [2.24, 2.45) is 5.73 Å². The summed E-state index contributed by atoms with van der Waals surface area (Å²) in [6.07, 6.45) is 0. The molecule has 2 aromatic rings. The van der Waals surface area contributed by atoms with E-state index in [1.54, 1.807) is 12.1 Å². The third kappa shape index (κ3) is 3.86. The molecule has 0 unspecified atom stereocenters. The lowest BCUT2D eigenvalue weighted by atomic mass is 10.0. The highest BCUT2D eigenvalue weighted by Gasteiger charge is 2.20. The van der Waals surface area contributed by atoms with E-state index < -0.39 is 15.9 Å². The third-order valence-corrected chi connectivity index (χ3v) is 4.99. The average molecular weight is 348 g/mol. The molecule has 0 atom stereocenters. The van der Waals surface area contributed by atoms with Crippen LogP contribution in [0.2, 0.25) is 0 Å². The van der Waals surface area contributed by atoms with E-state index in [1.807, 2.05) is 13.8 Å². The van der Waals surface area contributed by atoms with E-state index >= 15 is 0 Å². The lowest BCUT2D eigenvalue weighted by Gasteiger charge is -2.14. The van der Waals surface area contributed by atoms with Gasteiger partial charge in [-0.2, -0.15) is 0 Å². The molecule has 0 saturated heterocycles. The van der Waals surface area contributed by atoms with Gasteiger partial charge in [-0.1, -0.05) is 19.9 Å². The highest BCUT2D eigenvalue weighted by Crippen LogP contribution is 2.29. The molecule has 0 aliphatic carbocycles. The van der Waals surface area contributed by atoms with Gasteiger partial charge in [0.25, 0.3) is 10.0 Å². The standard InChI is InChI=1S/C17H20N2O4S/c1-11(2)13-6-9-16(15(10-13)23-3)24(21,22)19-14-7-4-12(5-8-14)17(18)20/h4-11,19H,1-3H3,(H2,18,20). The largest absolute Gasteiger partial charge is 0.495 e. The number of hydrogen-bond donors (Lipinski definition) is 2. The molecule has 0 saturated carbocycles. The number of ether oxygens (including phenoxy) is 1. The molecule has 0 spiro atoms. The molecule has 0 radical (unpaired) electrons. The Morgan fingerprint density at radius 3 is 2.25 bits per heavy atom. The molecule has 0 aliphatic heterocycles. The number of amides is 1. The van der Waals surface area contributed by atoms with E-state index in [0.29, 0.717) is 11.3 Å². The summed E-state index contributed by atoms with van der Waals surface area (Å²) in [5.74, 6) is -0.0391. The molecular formula is C17H20N2O4S. The topological polar surface area (TPSA) is 98.5 Å². The van der Waals surface area contributed by atoms with Crippen LogP contribution in [0, 0.1) is 0 Å². The quantitative estimate of drug-likeness (QED) is 0.838. The minimum absolute atomic E-state index is 0.0494. The number of benzene rings is 2. The Kier molecular flexibility index (Phi) is 5.14. The summed E-state index contributed by atoms with van der Waals surface area (Å²) in [5, 5.41) is 0. The van der Waals surface area contributed by atoms with Crippen LogP contribution in [0.3, 0.4) is 0 Å². The SMILES string of the molecule is COc1cc(C(C)C)ccc1S(=O)(=O)Nc1ccc(C(N)=O)cc1. The van der Waals surface area contributed by atoms with Gasteiger partial charge in [0.15, 0.2) is 0 Å². The number of carbonyl (C=O) groups excluding carboxylic acids is 1. The molecule has 128 valence electrons. The summed E-state index contributed by atoms with van der Waals surface area (Å²) < 4.78 is 32.9. The second-order valence-electron chi connectivity index (χ2n) is 5.61. The molecule has 7 heteroatoms. The number of anilines is 1. The molecule has 0 aliphatic rings. The van der Waals surface area contributed by atoms with E-state index in [4.69, 9.17) is 10.5 Å². The van der Waals surface area contributed by atoms with Crippen molar-refractivity contribution in [2.75, 3.05) is 11.8 Å². The van der Waals surface area contributed by atoms with Crippen molar-refractivity contribution in [3.63, 3.8) is 0 Å². The molecule has 6 nitrogen and oxygen atoms in total. The number of sulfonamides is 1. The smallest absolute Gasteiger partial charge is 0.265 e. The maximum atomic E-state index is 12.6. The van der Waals surface area contributed by atoms with Crippen LogP contribution < -0.4 is 15.2 Å². The minimum atomic E-state index is -3.82. The predicted molar refractivity (Wildman–Crippen MR) is 92.9 cm³/mol. The van der Waals surface area contributed by atoms with Crippen LogP contribution in [0.25, 0.3) is 0 Å². The number of carbonyl (C=O) groups is 1.